The molecule has 3 rings (SSSR count). The topological polar surface area (TPSA) is 50.3 Å². The number of anilines is 1. The Morgan fingerprint density at radius 2 is 2.33 bits per heavy atom. The van der Waals surface area contributed by atoms with Gasteiger partial charge in [-0.15, -0.1) is 0 Å². The van der Waals surface area contributed by atoms with Gasteiger partial charge in [-0.2, -0.15) is 0 Å². The molecule has 110 valence electrons. The van der Waals surface area contributed by atoms with E-state index in [9.17, 15) is 9.59 Å². The predicted molar refractivity (Wildman–Crippen MR) is 88.0 cm³/mol. The molecular weight excluding hydrogens is 304 g/mol. The highest BCUT2D eigenvalue weighted by molar-refractivity contribution is 8.13. The molecular formula is C15H16N2O2S2. The summed E-state index contributed by atoms with van der Waals surface area (Å²) in [4.78, 5) is 29.5. The molecule has 0 radical (unpaired) electrons. The molecule has 0 N–H and O–H groups in total. The van der Waals surface area contributed by atoms with Gasteiger partial charge in [-0.1, -0.05) is 29.2 Å². The third kappa shape index (κ3) is 3.11. The van der Waals surface area contributed by atoms with Crippen molar-refractivity contribution in [2.45, 2.75) is 20.3 Å². The fraction of sp³-hybridized carbons (Fsp3) is 0.400. The van der Waals surface area contributed by atoms with Gasteiger partial charge in [0.15, 0.2) is 10.2 Å². The summed E-state index contributed by atoms with van der Waals surface area (Å²) in [6.45, 7) is 4.28. The molecule has 0 aliphatic carbocycles. The van der Waals surface area contributed by atoms with E-state index in [4.69, 9.17) is 0 Å². The maximum atomic E-state index is 12.2. The van der Waals surface area contributed by atoms with Crippen molar-refractivity contribution in [3.05, 3.63) is 23.8 Å². The highest BCUT2D eigenvalue weighted by atomic mass is 32.2. The molecule has 0 saturated carbocycles. The minimum atomic E-state index is 0.108. The number of thiazole rings is 1. The SMILES string of the molecule is CC(=O)SCC1CC(=O)N(c2nc3ccc(C)cc3s2)C1. The van der Waals surface area contributed by atoms with E-state index in [0.717, 1.165) is 15.3 Å². The van der Waals surface area contributed by atoms with Crippen molar-refractivity contribution in [2.24, 2.45) is 5.92 Å². The maximum absolute atomic E-state index is 12.2. The molecule has 21 heavy (non-hydrogen) atoms. The lowest BCUT2D eigenvalue weighted by Gasteiger charge is -2.12. The van der Waals surface area contributed by atoms with Gasteiger partial charge in [0.1, 0.15) is 0 Å². The number of hydrogen-bond donors (Lipinski definition) is 0. The zero-order valence-electron chi connectivity index (χ0n) is 12.0. The number of rotatable bonds is 3. The second-order valence-corrected chi connectivity index (χ2v) is 7.55. The van der Waals surface area contributed by atoms with Crippen molar-refractivity contribution < 1.29 is 9.59 Å². The number of aryl methyl sites for hydroxylation is 1. The average molecular weight is 320 g/mol. The van der Waals surface area contributed by atoms with Crippen LogP contribution in [-0.4, -0.2) is 28.3 Å². The van der Waals surface area contributed by atoms with Crippen molar-refractivity contribution >= 4 is 49.5 Å². The van der Waals surface area contributed by atoms with E-state index < -0.39 is 0 Å². The van der Waals surface area contributed by atoms with Crippen LogP contribution in [-0.2, 0) is 9.59 Å². The second-order valence-electron chi connectivity index (χ2n) is 5.34. The van der Waals surface area contributed by atoms with Crippen molar-refractivity contribution in [3.8, 4) is 0 Å². The van der Waals surface area contributed by atoms with E-state index in [1.54, 1.807) is 23.2 Å². The number of hydrogen-bond acceptors (Lipinski definition) is 5. The lowest BCUT2D eigenvalue weighted by molar-refractivity contribution is -0.117. The Kier molecular flexibility index (Phi) is 3.99. The van der Waals surface area contributed by atoms with Gasteiger partial charge in [0.25, 0.3) is 0 Å². The van der Waals surface area contributed by atoms with Gasteiger partial charge in [0, 0.05) is 25.6 Å². The summed E-state index contributed by atoms with van der Waals surface area (Å²) in [7, 11) is 0. The number of thioether (sulfide) groups is 1. The first-order chi connectivity index (χ1) is 10.0. The predicted octanol–water partition coefficient (Wildman–Crippen LogP) is 3.24. The summed E-state index contributed by atoms with van der Waals surface area (Å²) in [6, 6.07) is 6.12. The Bertz CT molecular complexity index is 711. The molecule has 2 heterocycles. The first kappa shape index (κ1) is 14.5. The molecule has 2 aromatic rings. The molecule has 1 unspecified atom stereocenters. The fourth-order valence-corrected chi connectivity index (χ4v) is 4.23. The number of fused-ring (bicyclic) bond motifs is 1. The van der Waals surface area contributed by atoms with Gasteiger partial charge < -0.3 is 0 Å². The molecule has 4 nitrogen and oxygen atoms in total. The largest absolute Gasteiger partial charge is 0.288 e. The van der Waals surface area contributed by atoms with Gasteiger partial charge in [-0.3, -0.25) is 14.5 Å². The summed E-state index contributed by atoms with van der Waals surface area (Å²) < 4.78 is 1.11. The van der Waals surface area contributed by atoms with Crippen LogP contribution in [0.1, 0.15) is 18.9 Å². The molecule has 6 heteroatoms. The van der Waals surface area contributed by atoms with Crippen LogP contribution in [0, 0.1) is 12.8 Å². The lowest BCUT2D eigenvalue weighted by Crippen LogP contribution is -2.24. The average Bonchev–Trinajstić information content (AvgIpc) is 2.99. The van der Waals surface area contributed by atoms with Gasteiger partial charge in [0.05, 0.1) is 10.2 Å². The summed E-state index contributed by atoms with van der Waals surface area (Å²) in [5, 5.41) is 0.882. The standard InChI is InChI=1S/C15H16N2O2S2/c1-9-3-4-12-13(5-9)21-15(16-12)17-7-11(6-14(17)19)8-20-10(2)18/h3-5,11H,6-8H2,1-2H3. The molecule has 1 fully saturated rings. The first-order valence-electron chi connectivity index (χ1n) is 6.84. The Morgan fingerprint density at radius 3 is 3.10 bits per heavy atom. The van der Waals surface area contributed by atoms with E-state index >= 15 is 0 Å². The number of amides is 1. The van der Waals surface area contributed by atoms with Gasteiger partial charge in [-0.25, -0.2) is 4.98 Å². The molecule has 0 spiro atoms. The van der Waals surface area contributed by atoms with Crippen LogP contribution in [0.5, 0.6) is 0 Å². The van der Waals surface area contributed by atoms with Gasteiger partial charge in [-0.05, 0) is 30.5 Å². The molecule has 1 aliphatic rings. The van der Waals surface area contributed by atoms with E-state index in [-0.39, 0.29) is 16.9 Å². The number of aromatic nitrogens is 1. The summed E-state index contributed by atoms with van der Waals surface area (Å²) in [5.74, 6) is 1.06. The zero-order valence-corrected chi connectivity index (χ0v) is 13.6. The number of carbonyl (C=O) groups excluding carboxylic acids is 2. The monoisotopic (exact) mass is 320 g/mol. The van der Waals surface area contributed by atoms with Crippen LogP contribution < -0.4 is 4.90 Å². The van der Waals surface area contributed by atoms with E-state index in [2.05, 4.69) is 18.0 Å². The van der Waals surface area contributed by atoms with Crippen molar-refractivity contribution in [3.63, 3.8) is 0 Å². The summed E-state index contributed by atoms with van der Waals surface area (Å²) in [5.41, 5.74) is 2.14. The molecule has 1 amide bonds. The number of benzene rings is 1. The van der Waals surface area contributed by atoms with E-state index in [1.165, 1.54) is 17.3 Å². The van der Waals surface area contributed by atoms with Gasteiger partial charge in [0.2, 0.25) is 5.91 Å². The molecule has 1 aromatic carbocycles. The summed E-state index contributed by atoms with van der Waals surface area (Å²) in [6.07, 6.45) is 0.509. The smallest absolute Gasteiger partial charge is 0.229 e. The third-order valence-electron chi connectivity index (χ3n) is 3.49. The van der Waals surface area contributed by atoms with E-state index in [1.807, 2.05) is 12.1 Å². The van der Waals surface area contributed by atoms with Crippen molar-refractivity contribution in [1.29, 1.82) is 0 Å². The Hall–Kier alpha value is -1.40. The molecule has 0 bridgehead atoms. The van der Waals surface area contributed by atoms with Crippen LogP contribution in [0.3, 0.4) is 0 Å². The highest BCUT2D eigenvalue weighted by Gasteiger charge is 2.32. The van der Waals surface area contributed by atoms with Crippen molar-refractivity contribution in [1.82, 2.24) is 4.98 Å². The molecule has 1 saturated heterocycles. The molecule has 1 aliphatic heterocycles. The quantitative estimate of drug-likeness (QED) is 0.871. The van der Waals surface area contributed by atoms with Crippen LogP contribution >= 0.6 is 23.1 Å². The fourth-order valence-electron chi connectivity index (χ4n) is 2.45. The van der Waals surface area contributed by atoms with Crippen LogP contribution in [0.15, 0.2) is 18.2 Å². The molecule has 1 atom stereocenters. The lowest BCUT2D eigenvalue weighted by atomic mass is 10.1. The van der Waals surface area contributed by atoms with Crippen LogP contribution in [0.2, 0.25) is 0 Å². The molecule has 1 aromatic heterocycles. The maximum Gasteiger partial charge on any atom is 0.229 e. The Morgan fingerprint density at radius 1 is 1.52 bits per heavy atom. The normalized spacial score (nSPS) is 18.7. The second kappa shape index (κ2) is 5.77. The minimum absolute atomic E-state index is 0.108. The van der Waals surface area contributed by atoms with E-state index in [0.29, 0.717) is 18.7 Å². The Labute approximate surface area is 131 Å². The number of carbonyl (C=O) groups is 2. The summed E-state index contributed by atoms with van der Waals surface area (Å²) >= 11 is 2.86. The minimum Gasteiger partial charge on any atom is -0.288 e. The van der Waals surface area contributed by atoms with Crippen LogP contribution in [0.25, 0.3) is 10.2 Å². The third-order valence-corrected chi connectivity index (χ3v) is 5.58. The van der Waals surface area contributed by atoms with Gasteiger partial charge >= 0.3 is 0 Å². The number of nitrogens with zero attached hydrogens (tertiary/aromatic N) is 2. The van der Waals surface area contributed by atoms with Crippen LogP contribution in [0.4, 0.5) is 5.13 Å². The first-order valence-corrected chi connectivity index (χ1v) is 8.64. The zero-order chi connectivity index (χ0) is 15.0. The van der Waals surface area contributed by atoms with Crippen molar-refractivity contribution in [2.75, 3.05) is 17.2 Å². The highest BCUT2D eigenvalue weighted by Crippen LogP contribution is 2.33. The Balaban J connectivity index is 1.79.